The second kappa shape index (κ2) is 4.85. The van der Waals surface area contributed by atoms with Crippen LogP contribution < -0.4 is 0 Å². The van der Waals surface area contributed by atoms with Crippen LogP contribution in [0.5, 0.6) is 0 Å². The van der Waals surface area contributed by atoms with E-state index in [9.17, 15) is 0 Å². The Hall–Kier alpha value is -1.39. The molecule has 0 aliphatic rings. The summed E-state index contributed by atoms with van der Waals surface area (Å²) in [5.74, 6) is 0. The Kier molecular flexibility index (Phi) is 3.45. The highest BCUT2D eigenvalue weighted by molar-refractivity contribution is 5.81. The van der Waals surface area contributed by atoms with Gasteiger partial charge >= 0.3 is 0 Å². The summed E-state index contributed by atoms with van der Waals surface area (Å²) >= 11 is 0. The van der Waals surface area contributed by atoms with Crippen molar-refractivity contribution in [2.24, 2.45) is 7.05 Å². The molecule has 1 heterocycles. The van der Waals surface area contributed by atoms with Gasteiger partial charge in [-0.05, 0) is 20.0 Å². The maximum atomic E-state index is 9.13. The van der Waals surface area contributed by atoms with Gasteiger partial charge in [0.05, 0.1) is 17.8 Å². The smallest absolute Gasteiger partial charge is 0.0843 e. The van der Waals surface area contributed by atoms with E-state index in [1.54, 1.807) is 0 Å². The van der Waals surface area contributed by atoms with Gasteiger partial charge in [0.1, 0.15) is 0 Å². The van der Waals surface area contributed by atoms with Crippen LogP contribution in [0.2, 0.25) is 0 Å². The fraction of sp³-hybridized carbons (Fsp3) is 0.462. The van der Waals surface area contributed by atoms with E-state index >= 15 is 0 Å². The summed E-state index contributed by atoms with van der Waals surface area (Å²) in [5, 5.41) is 14.9. The molecule has 1 unspecified atom stereocenters. The van der Waals surface area contributed by atoms with Crippen molar-refractivity contribution in [3.8, 4) is 0 Å². The van der Waals surface area contributed by atoms with E-state index in [-0.39, 0.29) is 12.6 Å². The molecule has 1 N–H and O–H groups in total. The second-order valence-electron chi connectivity index (χ2n) is 4.53. The normalized spacial score (nSPS) is 13.5. The third kappa shape index (κ3) is 2.33. The molecule has 0 saturated heterocycles. The Balaban J connectivity index is 2.30. The van der Waals surface area contributed by atoms with Gasteiger partial charge in [-0.25, -0.2) is 0 Å². The van der Waals surface area contributed by atoms with Gasteiger partial charge in [0, 0.05) is 25.0 Å². The number of hydrogen-bond donors (Lipinski definition) is 1. The molecule has 1 atom stereocenters. The summed E-state index contributed by atoms with van der Waals surface area (Å²) in [7, 11) is 3.96. The average Bonchev–Trinajstić information content (AvgIpc) is 2.66. The van der Waals surface area contributed by atoms with E-state index in [4.69, 9.17) is 5.11 Å². The Morgan fingerprint density at radius 3 is 2.82 bits per heavy atom. The zero-order valence-corrected chi connectivity index (χ0v) is 10.6. The first-order chi connectivity index (χ1) is 8.13. The monoisotopic (exact) mass is 233 g/mol. The third-order valence-electron chi connectivity index (χ3n) is 3.25. The van der Waals surface area contributed by atoms with Crippen LogP contribution in [0.3, 0.4) is 0 Å². The molecule has 4 heteroatoms. The summed E-state index contributed by atoms with van der Waals surface area (Å²) in [5.41, 5.74) is 2.21. The number of aliphatic hydroxyl groups is 1. The zero-order chi connectivity index (χ0) is 12.4. The average molecular weight is 233 g/mol. The van der Waals surface area contributed by atoms with Crippen LogP contribution in [0.15, 0.2) is 24.3 Å². The Labute approximate surface area is 101 Å². The van der Waals surface area contributed by atoms with Crippen molar-refractivity contribution in [3.05, 3.63) is 30.0 Å². The number of hydrogen-bond acceptors (Lipinski definition) is 3. The molecule has 17 heavy (non-hydrogen) atoms. The number of likely N-dealkylation sites (N-methyl/N-ethyl adjacent to an activating group) is 1. The Bertz CT molecular complexity index is 506. The molecule has 0 fully saturated rings. The minimum absolute atomic E-state index is 0.149. The molecule has 2 rings (SSSR count). The molecule has 1 aromatic carbocycles. The van der Waals surface area contributed by atoms with Crippen molar-refractivity contribution < 1.29 is 5.11 Å². The molecule has 0 bridgehead atoms. The van der Waals surface area contributed by atoms with Gasteiger partial charge in [-0.3, -0.25) is 9.58 Å². The standard InChI is InChI=1S/C13H19N3O/c1-10(9-17)15(2)8-12-11-6-4-5-7-13(11)16(3)14-12/h4-7,10,17H,8-9H2,1-3H3. The van der Waals surface area contributed by atoms with Gasteiger partial charge in [0.2, 0.25) is 0 Å². The maximum absolute atomic E-state index is 9.13. The highest BCUT2D eigenvalue weighted by atomic mass is 16.3. The highest BCUT2D eigenvalue weighted by Gasteiger charge is 2.13. The first-order valence-electron chi connectivity index (χ1n) is 5.85. The minimum Gasteiger partial charge on any atom is -0.395 e. The fourth-order valence-corrected chi connectivity index (χ4v) is 1.94. The quantitative estimate of drug-likeness (QED) is 0.867. The second-order valence-corrected chi connectivity index (χ2v) is 4.53. The van der Waals surface area contributed by atoms with E-state index in [2.05, 4.69) is 22.1 Å². The number of benzene rings is 1. The first kappa shape index (κ1) is 12.1. The Morgan fingerprint density at radius 2 is 2.12 bits per heavy atom. The number of aryl methyl sites for hydroxylation is 1. The minimum atomic E-state index is 0.149. The molecule has 0 spiro atoms. The van der Waals surface area contributed by atoms with Crippen LogP contribution in [0, 0.1) is 0 Å². The SMILES string of the molecule is CC(CO)N(C)Cc1nn(C)c2ccccc12. The molecule has 2 aromatic rings. The predicted molar refractivity (Wildman–Crippen MR) is 68.7 cm³/mol. The van der Waals surface area contributed by atoms with Crippen molar-refractivity contribution >= 4 is 10.9 Å². The molecule has 4 nitrogen and oxygen atoms in total. The first-order valence-corrected chi connectivity index (χ1v) is 5.85. The topological polar surface area (TPSA) is 41.3 Å². The number of para-hydroxylation sites is 1. The summed E-state index contributed by atoms with van der Waals surface area (Å²) in [4.78, 5) is 2.11. The van der Waals surface area contributed by atoms with E-state index in [0.717, 1.165) is 17.8 Å². The lowest BCUT2D eigenvalue weighted by atomic mass is 10.2. The van der Waals surface area contributed by atoms with Crippen LogP contribution in [-0.4, -0.2) is 39.5 Å². The number of aromatic nitrogens is 2. The lowest BCUT2D eigenvalue weighted by molar-refractivity contribution is 0.153. The molecule has 0 saturated carbocycles. The lowest BCUT2D eigenvalue weighted by Gasteiger charge is -2.21. The number of fused-ring (bicyclic) bond motifs is 1. The largest absolute Gasteiger partial charge is 0.395 e. The van der Waals surface area contributed by atoms with Crippen LogP contribution in [0.25, 0.3) is 10.9 Å². The van der Waals surface area contributed by atoms with Crippen LogP contribution in [0.4, 0.5) is 0 Å². The van der Waals surface area contributed by atoms with Gasteiger partial charge in [0.15, 0.2) is 0 Å². The molecular weight excluding hydrogens is 214 g/mol. The molecule has 0 aliphatic carbocycles. The zero-order valence-electron chi connectivity index (χ0n) is 10.6. The maximum Gasteiger partial charge on any atom is 0.0843 e. The van der Waals surface area contributed by atoms with Crippen LogP contribution in [0.1, 0.15) is 12.6 Å². The molecule has 0 amide bonds. The van der Waals surface area contributed by atoms with Crippen molar-refractivity contribution in [2.45, 2.75) is 19.5 Å². The Morgan fingerprint density at radius 1 is 1.41 bits per heavy atom. The molecule has 0 radical (unpaired) electrons. The van der Waals surface area contributed by atoms with Crippen molar-refractivity contribution in [2.75, 3.05) is 13.7 Å². The van der Waals surface area contributed by atoms with Gasteiger partial charge in [-0.1, -0.05) is 18.2 Å². The summed E-state index contributed by atoms with van der Waals surface area (Å²) in [6.45, 7) is 2.93. The third-order valence-corrected chi connectivity index (χ3v) is 3.25. The summed E-state index contributed by atoms with van der Waals surface area (Å²) in [6, 6.07) is 8.36. The molecule has 1 aromatic heterocycles. The van der Waals surface area contributed by atoms with Crippen LogP contribution in [-0.2, 0) is 13.6 Å². The van der Waals surface area contributed by atoms with Crippen molar-refractivity contribution in [1.29, 1.82) is 0 Å². The highest BCUT2D eigenvalue weighted by Crippen LogP contribution is 2.18. The van der Waals surface area contributed by atoms with Gasteiger partial charge in [-0.15, -0.1) is 0 Å². The van der Waals surface area contributed by atoms with E-state index in [1.165, 1.54) is 5.39 Å². The molecular formula is C13H19N3O. The van der Waals surface area contributed by atoms with Crippen LogP contribution >= 0.6 is 0 Å². The molecule has 0 aliphatic heterocycles. The summed E-state index contributed by atoms with van der Waals surface area (Å²) < 4.78 is 1.90. The van der Waals surface area contributed by atoms with E-state index in [0.29, 0.717) is 0 Å². The number of aliphatic hydroxyl groups excluding tert-OH is 1. The summed E-state index contributed by atoms with van der Waals surface area (Å²) in [6.07, 6.45) is 0. The van der Waals surface area contributed by atoms with E-state index in [1.807, 2.05) is 37.8 Å². The van der Waals surface area contributed by atoms with Gasteiger partial charge in [0.25, 0.3) is 0 Å². The van der Waals surface area contributed by atoms with E-state index < -0.39 is 0 Å². The van der Waals surface area contributed by atoms with Gasteiger partial charge < -0.3 is 5.11 Å². The number of nitrogens with zero attached hydrogens (tertiary/aromatic N) is 3. The number of rotatable bonds is 4. The van der Waals surface area contributed by atoms with Crippen molar-refractivity contribution in [3.63, 3.8) is 0 Å². The lowest BCUT2D eigenvalue weighted by Crippen LogP contribution is -2.31. The predicted octanol–water partition coefficient (Wildman–Crippen LogP) is 1.39. The fourth-order valence-electron chi connectivity index (χ4n) is 1.94. The van der Waals surface area contributed by atoms with Crippen molar-refractivity contribution in [1.82, 2.24) is 14.7 Å². The van der Waals surface area contributed by atoms with Gasteiger partial charge in [-0.2, -0.15) is 5.10 Å². The molecule has 92 valence electrons.